The van der Waals surface area contributed by atoms with Crippen LogP contribution < -0.4 is 35.0 Å². The zero-order valence-electron chi connectivity index (χ0n) is 26.4. The molecule has 0 saturated heterocycles. The van der Waals surface area contributed by atoms with Gasteiger partial charge >= 0.3 is 12.0 Å². The lowest BCUT2D eigenvalue weighted by Crippen LogP contribution is -2.45. The molecule has 0 spiro atoms. The van der Waals surface area contributed by atoms with Crippen molar-refractivity contribution in [2.24, 2.45) is 5.10 Å². The zero-order chi connectivity index (χ0) is 34.8. The minimum Gasteiger partial charge on any atom is -0.493 e. The number of benzene rings is 3. The van der Waals surface area contributed by atoms with E-state index in [1.807, 2.05) is 6.92 Å². The van der Waals surface area contributed by atoms with Crippen LogP contribution in [-0.4, -0.2) is 51.1 Å². The Bertz CT molecular complexity index is 1750. The SMILES string of the molecule is CCOC(=O)C1=C(C)NC(=O)N[C@@H]1c1ccc(OCC(=O)N/N=C\c2cc(Cl)c(OCc3ccc(Cl)c(Cl)c3)c(OCC)c2)c(OC)c1. The van der Waals surface area contributed by atoms with Gasteiger partial charge in [0.15, 0.2) is 29.6 Å². The van der Waals surface area contributed by atoms with Gasteiger partial charge in [-0.3, -0.25) is 4.79 Å². The fourth-order valence-corrected chi connectivity index (χ4v) is 5.21. The fraction of sp³-hybridized carbons (Fsp3) is 0.273. The number of ether oxygens (including phenoxy) is 5. The monoisotopic (exact) mass is 718 g/mol. The molecule has 12 nitrogen and oxygen atoms in total. The molecule has 3 amide bonds. The van der Waals surface area contributed by atoms with Gasteiger partial charge in [0, 0.05) is 5.70 Å². The van der Waals surface area contributed by atoms with Crippen molar-refractivity contribution in [1.82, 2.24) is 16.1 Å². The Hall–Kier alpha value is -4.65. The van der Waals surface area contributed by atoms with Crippen LogP contribution in [0.25, 0.3) is 0 Å². The van der Waals surface area contributed by atoms with Crippen LogP contribution in [0.1, 0.15) is 43.5 Å². The number of amides is 3. The second kappa shape index (κ2) is 17.0. The minimum absolute atomic E-state index is 0.171. The zero-order valence-corrected chi connectivity index (χ0v) is 28.7. The molecule has 0 saturated carbocycles. The Labute approximate surface area is 292 Å². The van der Waals surface area contributed by atoms with Crippen molar-refractivity contribution >= 4 is 58.9 Å². The lowest BCUT2D eigenvalue weighted by molar-refractivity contribution is -0.139. The van der Waals surface area contributed by atoms with Crippen molar-refractivity contribution in [2.75, 3.05) is 26.9 Å². The molecule has 1 atom stereocenters. The summed E-state index contributed by atoms with van der Waals surface area (Å²) in [6.07, 6.45) is 1.40. The third-order valence-electron chi connectivity index (χ3n) is 6.75. The van der Waals surface area contributed by atoms with Gasteiger partial charge in [0.1, 0.15) is 6.61 Å². The van der Waals surface area contributed by atoms with Crippen LogP contribution in [0.5, 0.6) is 23.0 Å². The number of nitrogens with zero attached hydrogens (tertiary/aromatic N) is 1. The number of esters is 1. The summed E-state index contributed by atoms with van der Waals surface area (Å²) in [7, 11) is 1.43. The van der Waals surface area contributed by atoms with Crippen LogP contribution in [0.4, 0.5) is 4.79 Å². The summed E-state index contributed by atoms with van der Waals surface area (Å²) in [6, 6.07) is 12.0. The number of nitrogens with one attached hydrogen (secondary N) is 3. The second-order valence-corrected chi connectivity index (χ2v) is 11.3. The van der Waals surface area contributed by atoms with Crippen molar-refractivity contribution in [3.63, 3.8) is 0 Å². The molecule has 48 heavy (non-hydrogen) atoms. The predicted molar refractivity (Wildman–Crippen MR) is 181 cm³/mol. The Morgan fingerprint density at radius 2 is 1.71 bits per heavy atom. The van der Waals surface area contributed by atoms with Gasteiger partial charge in [0.2, 0.25) is 0 Å². The van der Waals surface area contributed by atoms with Crippen molar-refractivity contribution in [3.05, 3.63) is 91.6 Å². The number of methoxy groups -OCH3 is 1. The van der Waals surface area contributed by atoms with Crippen LogP contribution in [0.3, 0.4) is 0 Å². The van der Waals surface area contributed by atoms with Crippen molar-refractivity contribution in [3.8, 4) is 23.0 Å². The van der Waals surface area contributed by atoms with Crippen LogP contribution in [0.15, 0.2) is 64.9 Å². The van der Waals surface area contributed by atoms with E-state index in [0.717, 1.165) is 5.56 Å². The highest BCUT2D eigenvalue weighted by Crippen LogP contribution is 2.38. The molecule has 0 aromatic heterocycles. The summed E-state index contributed by atoms with van der Waals surface area (Å²) in [6.45, 7) is 5.44. The van der Waals surface area contributed by atoms with Crippen LogP contribution >= 0.6 is 34.8 Å². The summed E-state index contributed by atoms with van der Waals surface area (Å²) in [4.78, 5) is 37.4. The molecule has 0 bridgehead atoms. The summed E-state index contributed by atoms with van der Waals surface area (Å²) < 4.78 is 28.0. The molecule has 254 valence electrons. The number of carbonyl (C=O) groups is 3. The maximum atomic E-state index is 12.6. The Balaban J connectivity index is 1.39. The number of carbonyl (C=O) groups excluding carboxylic acids is 3. The molecule has 0 aliphatic carbocycles. The maximum Gasteiger partial charge on any atom is 0.338 e. The van der Waals surface area contributed by atoms with Crippen LogP contribution in [-0.2, 0) is 20.9 Å². The predicted octanol–water partition coefficient (Wildman–Crippen LogP) is 6.35. The van der Waals surface area contributed by atoms with E-state index in [0.29, 0.717) is 45.0 Å². The highest BCUT2D eigenvalue weighted by Gasteiger charge is 2.32. The first-order chi connectivity index (χ1) is 23.0. The van der Waals surface area contributed by atoms with Gasteiger partial charge in [0.25, 0.3) is 5.91 Å². The number of allylic oxidation sites excluding steroid dienone is 1. The lowest BCUT2D eigenvalue weighted by atomic mass is 9.95. The van der Waals surface area contributed by atoms with Gasteiger partial charge in [-0.05, 0) is 73.9 Å². The molecule has 3 aromatic carbocycles. The van der Waals surface area contributed by atoms with E-state index in [9.17, 15) is 14.4 Å². The Kier molecular flexibility index (Phi) is 12.8. The molecule has 3 aromatic rings. The van der Waals surface area contributed by atoms with Gasteiger partial charge in [-0.1, -0.05) is 46.9 Å². The smallest absolute Gasteiger partial charge is 0.338 e. The minimum atomic E-state index is -0.793. The first-order valence-electron chi connectivity index (χ1n) is 14.7. The first-order valence-corrected chi connectivity index (χ1v) is 15.8. The number of hydrogen-bond acceptors (Lipinski definition) is 9. The van der Waals surface area contributed by atoms with Gasteiger partial charge < -0.3 is 34.3 Å². The molecular formula is C33H33Cl3N4O8. The van der Waals surface area contributed by atoms with Gasteiger partial charge in [-0.25, -0.2) is 15.0 Å². The summed E-state index contributed by atoms with van der Waals surface area (Å²) in [5, 5.41) is 10.4. The third-order valence-corrected chi connectivity index (χ3v) is 7.77. The molecule has 0 unspecified atom stereocenters. The fourth-order valence-electron chi connectivity index (χ4n) is 4.61. The molecule has 1 aliphatic rings. The maximum absolute atomic E-state index is 12.6. The summed E-state index contributed by atoms with van der Waals surface area (Å²) >= 11 is 18.6. The van der Waals surface area contributed by atoms with E-state index in [4.69, 9.17) is 58.5 Å². The van der Waals surface area contributed by atoms with Crippen molar-refractivity contribution < 1.29 is 38.1 Å². The highest BCUT2D eigenvalue weighted by atomic mass is 35.5. The van der Waals surface area contributed by atoms with Crippen LogP contribution in [0, 0.1) is 0 Å². The van der Waals surface area contributed by atoms with E-state index in [-0.39, 0.29) is 35.3 Å². The van der Waals surface area contributed by atoms with E-state index in [1.54, 1.807) is 62.4 Å². The molecule has 0 fully saturated rings. The van der Waals surface area contributed by atoms with E-state index in [2.05, 4.69) is 21.2 Å². The molecule has 4 rings (SSSR count). The number of halogens is 3. The first kappa shape index (κ1) is 36.2. The standard InChI is InChI=1S/C33H33Cl3N4O8/c1-5-45-27-13-20(12-24(36)31(27)48-16-19-7-9-22(34)23(35)11-19)15-37-40-28(41)17-47-25-10-8-21(14-26(25)44-4)30-29(32(42)46-6-2)18(3)38-33(43)39-30/h7-15,30H,5-6,16-17H2,1-4H3,(H,40,41)(H2,38,39,43)/b37-15-/t30-/m1/s1. The quantitative estimate of drug-likeness (QED) is 0.0993. The Morgan fingerprint density at radius 3 is 2.42 bits per heavy atom. The topological polar surface area (TPSA) is 146 Å². The van der Waals surface area contributed by atoms with Crippen molar-refractivity contribution in [1.29, 1.82) is 0 Å². The molecule has 3 N–H and O–H groups in total. The van der Waals surface area contributed by atoms with Gasteiger partial charge in [0.05, 0.1) is 53.2 Å². The summed E-state index contributed by atoms with van der Waals surface area (Å²) in [5.41, 5.74) is 4.90. The van der Waals surface area contributed by atoms with Gasteiger partial charge in [-0.15, -0.1) is 0 Å². The number of hydrogen-bond donors (Lipinski definition) is 3. The number of rotatable bonds is 14. The largest absolute Gasteiger partial charge is 0.493 e. The van der Waals surface area contributed by atoms with E-state index in [1.165, 1.54) is 13.3 Å². The average Bonchev–Trinajstić information content (AvgIpc) is 3.04. The Morgan fingerprint density at radius 1 is 0.917 bits per heavy atom. The average molecular weight is 720 g/mol. The molecule has 0 radical (unpaired) electrons. The number of urea groups is 1. The highest BCUT2D eigenvalue weighted by molar-refractivity contribution is 6.42. The van der Waals surface area contributed by atoms with Crippen molar-refractivity contribution in [2.45, 2.75) is 33.4 Å². The van der Waals surface area contributed by atoms with Crippen LogP contribution in [0.2, 0.25) is 15.1 Å². The molecule has 15 heteroatoms. The molecule has 1 aliphatic heterocycles. The number of hydrazone groups is 1. The summed E-state index contributed by atoms with van der Waals surface area (Å²) in [5.74, 6) is 0.139. The normalized spacial score (nSPS) is 14.2. The molecule has 1 heterocycles. The molecular weight excluding hydrogens is 687 g/mol. The lowest BCUT2D eigenvalue weighted by Gasteiger charge is -2.28. The third kappa shape index (κ3) is 9.24. The van der Waals surface area contributed by atoms with Gasteiger partial charge in [-0.2, -0.15) is 5.10 Å². The van der Waals surface area contributed by atoms with E-state index < -0.39 is 30.6 Å². The second-order valence-electron chi connectivity index (χ2n) is 10.1. The van der Waals surface area contributed by atoms with E-state index >= 15 is 0 Å².